The Morgan fingerprint density at radius 3 is 2.60 bits per heavy atom. The Balaban J connectivity index is 2.71. The molecule has 0 amide bonds. The van der Waals surface area contributed by atoms with Gasteiger partial charge in [0.2, 0.25) is 0 Å². The van der Waals surface area contributed by atoms with Crippen LogP contribution < -0.4 is 0 Å². The maximum absolute atomic E-state index is 13.5. The third-order valence-corrected chi connectivity index (χ3v) is 3.84. The minimum atomic E-state index is -0.480. The Morgan fingerprint density at radius 1 is 1.33 bits per heavy atom. The molecule has 4 heteroatoms. The van der Waals surface area contributed by atoms with Gasteiger partial charge in [0.25, 0.3) is 0 Å². The van der Waals surface area contributed by atoms with E-state index in [1.165, 1.54) is 12.1 Å². The predicted octanol–water partition coefficient (Wildman–Crippen LogP) is 4.62. The lowest BCUT2D eigenvalue weighted by molar-refractivity contribution is 0.562. The van der Waals surface area contributed by atoms with Crippen LogP contribution in [0, 0.1) is 17.6 Å². The van der Waals surface area contributed by atoms with Crippen molar-refractivity contribution in [3.63, 3.8) is 0 Å². The first-order chi connectivity index (χ1) is 7.02. The second kappa shape index (κ2) is 5.85. The highest BCUT2D eigenvalue weighted by atomic mass is 79.9. The second-order valence-corrected chi connectivity index (χ2v) is 5.62. The summed E-state index contributed by atoms with van der Waals surface area (Å²) in [7, 11) is 0. The van der Waals surface area contributed by atoms with Crippen LogP contribution in [0.15, 0.2) is 16.6 Å². The molecule has 0 saturated heterocycles. The van der Waals surface area contributed by atoms with E-state index >= 15 is 0 Å². The Bertz CT molecular complexity index is 340. The Hall–Kier alpha value is -0.0900. The first kappa shape index (κ1) is 13.0. The number of halogens is 3. The van der Waals surface area contributed by atoms with Crippen molar-refractivity contribution in [2.45, 2.75) is 19.6 Å². The molecule has 0 bridgehead atoms. The van der Waals surface area contributed by atoms with Crippen LogP contribution in [0.25, 0.3) is 0 Å². The highest BCUT2D eigenvalue weighted by Gasteiger charge is 2.12. The molecule has 0 aliphatic heterocycles. The molecular formula is C11H13BrF2S. The topological polar surface area (TPSA) is 0 Å². The zero-order chi connectivity index (χ0) is 11.4. The number of hydrogen-bond donors (Lipinski definition) is 0. The van der Waals surface area contributed by atoms with Crippen LogP contribution in [-0.4, -0.2) is 5.75 Å². The van der Waals surface area contributed by atoms with Gasteiger partial charge < -0.3 is 0 Å². The van der Waals surface area contributed by atoms with Gasteiger partial charge in [-0.2, -0.15) is 11.8 Å². The van der Waals surface area contributed by atoms with Gasteiger partial charge in [0.05, 0.1) is 4.47 Å². The van der Waals surface area contributed by atoms with Gasteiger partial charge in [0.1, 0.15) is 11.6 Å². The summed E-state index contributed by atoms with van der Waals surface area (Å²) < 4.78 is 27.1. The smallest absolute Gasteiger partial charge is 0.144 e. The van der Waals surface area contributed by atoms with Crippen molar-refractivity contribution in [1.29, 1.82) is 0 Å². The molecule has 0 fully saturated rings. The lowest BCUT2D eigenvalue weighted by Gasteiger charge is -2.07. The molecule has 0 aliphatic rings. The molecule has 0 atom stereocenters. The van der Waals surface area contributed by atoms with E-state index in [0.717, 1.165) is 5.75 Å². The first-order valence-corrected chi connectivity index (χ1v) is 6.67. The van der Waals surface area contributed by atoms with Crippen molar-refractivity contribution >= 4 is 27.7 Å². The van der Waals surface area contributed by atoms with Gasteiger partial charge in [0.15, 0.2) is 0 Å². The van der Waals surface area contributed by atoms with Gasteiger partial charge in [-0.05, 0) is 39.7 Å². The third-order valence-electron chi connectivity index (χ3n) is 1.84. The summed E-state index contributed by atoms with van der Waals surface area (Å²) in [6, 6.07) is 2.68. The maximum Gasteiger partial charge on any atom is 0.144 e. The second-order valence-electron chi connectivity index (χ2n) is 3.73. The zero-order valence-corrected chi connectivity index (χ0v) is 11.1. The molecule has 0 N–H and O–H groups in total. The average Bonchev–Trinajstić information content (AvgIpc) is 2.17. The molecular weight excluding hydrogens is 282 g/mol. The fourth-order valence-electron chi connectivity index (χ4n) is 1.10. The summed E-state index contributed by atoms with van der Waals surface area (Å²) in [6.07, 6.45) is 0. The Morgan fingerprint density at radius 2 is 2.00 bits per heavy atom. The highest BCUT2D eigenvalue weighted by molar-refractivity contribution is 9.10. The Kier molecular flexibility index (Phi) is 5.06. The normalized spacial score (nSPS) is 11.1. The lowest BCUT2D eigenvalue weighted by atomic mass is 10.2. The van der Waals surface area contributed by atoms with Crippen molar-refractivity contribution in [2.75, 3.05) is 5.75 Å². The molecule has 15 heavy (non-hydrogen) atoms. The quantitative estimate of drug-likeness (QED) is 0.731. The number of rotatable bonds is 4. The highest BCUT2D eigenvalue weighted by Crippen LogP contribution is 2.25. The van der Waals surface area contributed by atoms with Gasteiger partial charge in [-0.3, -0.25) is 0 Å². The molecule has 0 saturated carbocycles. The van der Waals surface area contributed by atoms with Crippen molar-refractivity contribution in [3.8, 4) is 0 Å². The van der Waals surface area contributed by atoms with Gasteiger partial charge >= 0.3 is 0 Å². The molecule has 84 valence electrons. The summed E-state index contributed by atoms with van der Waals surface area (Å²) in [5.41, 5.74) is 0.162. The summed E-state index contributed by atoms with van der Waals surface area (Å²) in [6.45, 7) is 4.17. The van der Waals surface area contributed by atoms with Crippen LogP contribution in [0.5, 0.6) is 0 Å². The van der Waals surface area contributed by atoms with E-state index in [1.807, 2.05) is 0 Å². The monoisotopic (exact) mass is 294 g/mol. The largest absolute Gasteiger partial charge is 0.207 e. The van der Waals surface area contributed by atoms with Crippen molar-refractivity contribution in [3.05, 3.63) is 33.8 Å². The summed E-state index contributed by atoms with van der Waals surface area (Å²) in [4.78, 5) is 0. The number of benzene rings is 1. The lowest BCUT2D eigenvalue weighted by Crippen LogP contribution is -1.97. The van der Waals surface area contributed by atoms with Crippen LogP contribution in [-0.2, 0) is 5.75 Å². The summed E-state index contributed by atoms with van der Waals surface area (Å²) in [5, 5.41) is 0. The van der Waals surface area contributed by atoms with E-state index in [2.05, 4.69) is 29.8 Å². The fourth-order valence-corrected chi connectivity index (χ4v) is 2.53. The van der Waals surface area contributed by atoms with E-state index in [0.29, 0.717) is 16.1 Å². The molecule has 1 aromatic rings. The summed E-state index contributed by atoms with van der Waals surface area (Å²) in [5.74, 6) is 0.882. The number of hydrogen-bond acceptors (Lipinski definition) is 1. The predicted molar refractivity (Wildman–Crippen MR) is 65.1 cm³/mol. The van der Waals surface area contributed by atoms with Crippen LogP contribution in [0.4, 0.5) is 8.78 Å². The molecule has 0 nitrogen and oxygen atoms in total. The minimum Gasteiger partial charge on any atom is -0.207 e. The standard InChI is InChI=1S/C11H13BrF2S/c1-7(2)5-15-6-8-10(13)4-3-9(12)11(8)14/h3-4,7H,5-6H2,1-2H3. The number of thioether (sulfide) groups is 1. The molecule has 0 unspecified atom stereocenters. The van der Waals surface area contributed by atoms with Crippen LogP contribution in [0.2, 0.25) is 0 Å². The van der Waals surface area contributed by atoms with Gasteiger partial charge in [-0.15, -0.1) is 0 Å². The van der Waals surface area contributed by atoms with Crippen LogP contribution in [0.3, 0.4) is 0 Å². The van der Waals surface area contributed by atoms with E-state index in [4.69, 9.17) is 0 Å². The molecule has 0 aliphatic carbocycles. The molecule has 0 heterocycles. The molecule has 1 aromatic carbocycles. The molecule has 0 radical (unpaired) electrons. The van der Waals surface area contributed by atoms with E-state index in [9.17, 15) is 8.78 Å². The van der Waals surface area contributed by atoms with E-state index < -0.39 is 11.6 Å². The van der Waals surface area contributed by atoms with Gasteiger partial charge in [-0.25, -0.2) is 8.78 Å². The SMILES string of the molecule is CC(C)CSCc1c(F)ccc(Br)c1F. The third kappa shape index (κ3) is 3.76. The van der Waals surface area contributed by atoms with E-state index in [1.54, 1.807) is 11.8 Å². The van der Waals surface area contributed by atoms with Crippen LogP contribution in [0.1, 0.15) is 19.4 Å². The van der Waals surface area contributed by atoms with Gasteiger partial charge in [-0.1, -0.05) is 13.8 Å². The van der Waals surface area contributed by atoms with Crippen LogP contribution >= 0.6 is 27.7 Å². The summed E-state index contributed by atoms with van der Waals surface area (Å²) >= 11 is 4.60. The van der Waals surface area contributed by atoms with Crippen molar-refractivity contribution in [2.24, 2.45) is 5.92 Å². The Labute approximate surface area is 102 Å². The van der Waals surface area contributed by atoms with Crippen molar-refractivity contribution < 1.29 is 8.78 Å². The fraction of sp³-hybridized carbons (Fsp3) is 0.455. The molecule has 0 spiro atoms. The zero-order valence-electron chi connectivity index (χ0n) is 8.69. The molecule has 0 aromatic heterocycles. The van der Waals surface area contributed by atoms with Crippen molar-refractivity contribution in [1.82, 2.24) is 0 Å². The molecule has 1 rings (SSSR count). The first-order valence-electron chi connectivity index (χ1n) is 4.72. The van der Waals surface area contributed by atoms with Gasteiger partial charge in [0, 0.05) is 11.3 Å². The maximum atomic E-state index is 13.5. The van der Waals surface area contributed by atoms with E-state index in [-0.39, 0.29) is 5.56 Å². The average molecular weight is 295 g/mol. The minimum absolute atomic E-state index is 0.162.